The molecule has 2 heteroatoms. The van der Waals surface area contributed by atoms with Crippen molar-refractivity contribution in [2.45, 2.75) is 38.6 Å². The summed E-state index contributed by atoms with van der Waals surface area (Å²) in [6, 6.07) is 65.7. The summed E-state index contributed by atoms with van der Waals surface area (Å²) in [5, 5.41) is 0. The third kappa shape index (κ3) is 5.47. The van der Waals surface area contributed by atoms with E-state index in [9.17, 15) is 0 Å². The molecule has 1 aliphatic heterocycles. The largest absolute Gasteiger partial charge is 0.335 e. The fraction of sp³-hybridized carbons (Fsp3) is 0.125. The van der Waals surface area contributed by atoms with E-state index in [1.54, 1.807) is 0 Å². The molecule has 0 spiro atoms. The van der Waals surface area contributed by atoms with Gasteiger partial charge >= 0.3 is 0 Å². The Bertz CT molecular complexity index is 2130. The highest BCUT2D eigenvalue weighted by molar-refractivity contribution is 5.82. The van der Waals surface area contributed by atoms with Crippen molar-refractivity contribution in [3.05, 3.63) is 188 Å². The molecule has 7 aromatic carbocycles. The Balaban J connectivity index is 1.11. The molecule has 1 aliphatic rings. The number of anilines is 5. The van der Waals surface area contributed by atoms with Gasteiger partial charge in [-0.3, -0.25) is 0 Å². The van der Waals surface area contributed by atoms with Gasteiger partial charge in [0.15, 0.2) is 0 Å². The van der Waals surface area contributed by atoms with Gasteiger partial charge in [0.2, 0.25) is 0 Å². The number of hydrogen-bond donors (Lipinski definition) is 0. The van der Waals surface area contributed by atoms with Gasteiger partial charge < -0.3 is 9.80 Å². The van der Waals surface area contributed by atoms with E-state index < -0.39 is 0 Å². The lowest BCUT2D eigenvalue weighted by Crippen LogP contribution is -2.48. The lowest BCUT2D eigenvalue weighted by Gasteiger charge is -2.42. The van der Waals surface area contributed by atoms with E-state index in [1.165, 1.54) is 50.3 Å². The molecule has 0 unspecified atom stereocenters. The first kappa shape index (κ1) is 31.4. The van der Waals surface area contributed by atoms with Crippen LogP contribution in [0.15, 0.2) is 182 Å². The lowest BCUT2D eigenvalue weighted by atomic mass is 9.72. The van der Waals surface area contributed by atoms with Crippen molar-refractivity contribution in [3.8, 4) is 33.4 Å². The molecule has 1 heterocycles. The second-order valence-corrected chi connectivity index (χ2v) is 14.3. The van der Waals surface area contributed by atoms with Gasteiger partial charge in [-0.1, -0.05) is 141 Å². The van der Waals surface area contributed by atoms with Crippen LogP contribution in [0.3, 0.4) is 0 Å². The maximum absolute atomic E-state index is 2.51. The average Bonchev–Trinajstić information content (AvgIpc) is 3.33. The van der Waals surface area contributed by atoms with Crippen LogP contribution in [0, 0.1) is 0 Å². The highest BCUT2D eigenvalue weighted by Crippen LogP contribution is 2.54. The third-order valence-electron chi connectivity index (χ3n) is 11.0. The molecule has 0 fully saturated rings. The van der Waals surface area contributed by atoms with Crippen molar-refractivity contribution < 1.29 is 0 Å². The SMILES string of the molecule is CC1(C)c2ccccc2N(c2ccc(-c3ccc(N(c4ccc(-c5ccccc5)cc4)c4ccc(-c5ccccc5)cc4)cc3)cc2)C1(C)C. The molecule has 0 N–H and O–H groups in total. The minimum Gasteiger partial charge on any atom is -0.335 e. The van der Waals surface area contributed by atoms with Crippen molar-refractivity contribution in [3.63, 3.8) is 0 Å². The molecule has 0 aliphatic carbocycles. The smallest absolute Gasteiger partial charge is 0.0487 e. The Kier molecular flexibility index (Phi) is 7.88. The second kappa shape index (κ2) is 12.5. The maximum Gasteiger partial charge on any atom is 0.0487 e. The summed E-state index contributed by atoms with van der Waals surface area (Å²) in [4.78, 5) is 4.85. The van der Waals surface area contributed by atoms with E-state index in [2.05, 4.69) is 219 Å². The molecule has 0 saturated carbocycles. The predicted molar refractivity (Wildman–Crippen MR) is 213 cm³/mol. The van der Waals surface area contributed by atoms with E-state index >= 15 is 0 Å². The van der Waals surface area contributed by atoms with Crippen LogP contribution in [-0.2, 0) is 5.41 Å². The van der Waals surface area contributed by atoms with Crippen LogP contribution < -0.4 is 9.80 Å². The summed E-state index contributed by atoms with van der Waals surface area (Å²) < 4.78 is 0. The Morgan fingerprint density at radius 3 is 1.12 bits per heavy atom. The quantitative estimate of drug-likeness (QED) is 0.170. The number of hydrogen-bond acceptors (Lipinski definition) is 2. The van der Waals surface area contributed by atoms with E-state index in [-0.39, 0.29) is 11.0 Å². The minimum atomic E-state index is -0.0676. The van der Waals surface area contributed by atoms with Gasteiger partial charge in [0.05, 0.1) is 0 Å². The number of fused-ring (bicyclic) bond motifs is 1. The van der Waals surface area contributed by atoms with Crippen molar-refractivity contribution in [2.75, 3.05) is 9.80 Å². The van der Waals surface area contributed by atoms with Gasteiger partial charge in [-0.05, 0) is 107 Å². The number of para-hydroxylation sites is 1. The molecule has 0 atom stereocenters. The van der Waals surface area contributed by atoms with Crippen LogP contribution in [0.25, 0.3) is 33.4 Å². The molecule has 2 nitrogen and oxygen atoms in total. The van der Waals surface area contributed by atoms with Gasteiger partial charge in [-0.15, -0.1) is 0 Å². The number of benzene rings is 7. The van der Waals surface area contributed by atoms with Gasteiger partial charge in [0, 0.05) is 39.4 Å². The summed E-state index contributed by atoms with van der Waals surface area (Å²) in [7, 11) is 0. The zero-order valence-corrected chi connectivity index (χ0v) is 29.2. The molecule has 50 heavy (non-hydrogen) atoms. The zero-order valence-electron chi connectivity index (χ0n) is 29.2. The van der Waals surface area contributed by atoms with Crippen LogP contribution >= 0.6 is 0 Å². The summed E-state index contributed by atoms with van der Waals surface area (Å²) in [5.74, 6) is 0. The van der Waals surface area contributed by atoms with Crippen LogP contribution in [0.4, 0.5) is 28.4 Å². The van der Waals surface area contributed by atoms with Crippen LogP contribution in [0.1, 0.15) is 33.3 Å². The molecule has 0 saturated heterocycles. The summed E-state index contributed by atoms with van der Waals surface area (Å²) >= 11 is 0. The van der Waals surface area contributed by atoms with E-state index in [0.29, 0.717) is 0 Å². The zero-order chi connectivity index (χ0) is 34.3. The van der Waals surface area contributed by atoms with Crippen molar-refractivity contribution in [1.82, 2.24) is 0 Å². The van der Waals surface area contributed by atoms with E-state index in [4.69, 9.17) is 0 Å². The van der Waals surface area contributed by atoms with Crippen LogP contribution in [0.2, 0.25) is 0 Å². The first-order chi connectivity index (χ1) is 24.3. The first-order valence-corrected chi connectivity index (χ1v) is 17.5. The van der Waals surface area contributed by atoms with E-state index in [1.807, 2.05) is 0 Å². The Morgan fingerprint density at radius 2 is 0.700 bits per heavy atom. The fourth-order valence-electron chi connectivity index (χ4n) is 7.49. The minimum absolute atomic E-state index is 0.0215. The fourth-order valence-corrected chi connectivity index (χ4v) is 7.49. The topological polar surface area (TPSA) is 6.48 Å². The molecule has 0 bridgehead atoms. The summed E-state index contributed by atoms with van der Waals surface area (Å²) in [5.41, 5.74) is 14.5. The summed E-state index contributed by atoms with van der Waals surface area (Å²) in [6.07, 6.45) is 0. The van der Waals surface area contributed by atoms with Crippen molar-refractivity contribution in [1.29, 1.82) is 0 Å². The molecule has 0 amide bonds. The molecule has 244 valence electrons. The standard InChI is InChI=1S/C48H42N2/c1-47(2)45-17-11-12-18-46(45)50(48(47,3)4)44-33-25-40(26-34-44)39-23-31-43(32-24-39)49(41-27-19-37(20-28-41)35-13-7-5-8-14-35)42-29-21-38(22-30-42)36-15-9-6-10-16-36/h5-34H,1-4H3. The van der Waals surface area contributed by atoms with Gasteiger partial charge in [0.25, 0.3) is 0 Å². The number of rotatable bonds is 7. The van der Waals surface area contributed by atoms with E-state index in [0.717, 1.165) is 17.1 Å². The van der Waals surface area contributed by atoms with Gasteiger partial charge in [-0.2, -0.15) is 0 Å². The Hall–Kier alpha value is -5.86. The third-order valence-corrected chi connectivity index (χ3v) is 11.0. The Morgan fingerprint density at radius 1 is 0.360 bits per heavy atom. The average molecular weight is 647 g/mol. The van der Waals surface area contributed by atoms with Gasteiger partial charge in [0.1, 0.15) is 0 Å². The molecule has 0 radical (unpaired) electrons. The normalized spacial score (nSPS) is 14.3. The lowest BCUT2D eigenvalue weighted by molar-refractivity contribution is 0.330. The monoisotopic (exact) mass is 646 g/mol. The Labute approximate surface area is 296 Å². The van der Waals surface area contributed by atoms with Crippen LogP contribution in [0.5, 0.6) is 0 Å². The number of nitrogens with zero attached hydrogens (tertiary/aromatic N) is 2. The van der Waals surface area contributed by atoms with Crippen LogP contribution in [-0.4, -0.2) is 5.54 Å². The van der Waals surface area contributed by atoms with Crippen molar-refractivity contribution >= 4 is 28.4 Å². The van der Waals surface area contributed by atoms with Crippen molar-refractivity contribution in [2.24, 2.45) is 0 Å². The molecular formula is C48H42N2. The molecular weight excluding hydrogens is 605 g/mol. The molecule has 7 aromatic rings. The predicted octanol–water partition coefficient (Wildman–Crippen LogP) is 13.4. The molecule has 0 aromatic heterocycles. The highest BCUT2D eigenvalue weighted by Gasteiger charge is 2.51. The second-order valence-electron chi connectivity index (χ2n) is 14.3. The maximum atomic E-state index is 2.51. The highest BCUT2D eigenvalue weighted by atomic mass is 15.2. The summed E-state index contributed by atoms with van der Waals surface area (Å²) in [6.45, 7) is 9.44. The van der Waals surface area contributed by atoms with Gasteiger partial charge in [-0.25, -0.2) is 0 Å². The molecule has 8 rings (SSSR count). The first-order valence-electron chi connectivity index (χ1n) is 17.5.